The average Bonchev–Trinajstić information content (AvgIpc) is 2.34. The number of rotatable bonds is 1. The lowest BCUT2D eigenvalue weighted by Gasteiger charge is -2.13. The van der Waals surface area contributed by atoms with Gasteiger partial charge in [-0.05, 0) is 12.8 Å². The van der Waals surface area contributed by atoms with E-state index < -0.39 is 0 Å². The van der Waals surface area contributed by atoms with Crippen LogP contribution in [0, 0.1) is 5.92 Å². The van der Waals surface area contributed by atoms with Crippen molar-refractivity contribution in [1.82, 2.24) is 0 Å². The fourth-order valence-electron chi connectivity index (χ4n) is 1.52. The van der Waals surface area contributed by atoms with E-state index in [-0.39, 0.29) is 6.04 Å². The van der Waals surface area contributed by atoms with Crippen LogP contribution in [0.5, 0.6) is 0 Å². The highest BCUT2D eigenvalue weighted by Gasteiger charge is 2.26. The summed E-state index contributed by atoms with van der Waals surface area (Å²) >= 11 is 0. The summed E-state index contributed by atoms with van der Waals surface area (Å²) in [5.41, 5.74) is 11.4. The molecule has 0 saturated heterocycles. The molecule has 0 aromatic carbocycles. The molecule has 1 aliphatic carbocycles. The van der Waals surface area contributed by atoms with Crippen LogP contribution in [0.4, 0.5) is 0 Å². The molecule has 2 atom stereocenters. The summed E-state index contributed by atoms with van der Waals surface area (Å²) in [6.45, 7) is 0. The topological polar surface area (TPSA) is 64.4 Å². The first-order valence-corrected chi connectivity index (χ1v) is 3.73. The van der Waals surface area contributed by atoms with E-state index in [2.05, 4.69) is 4.99 Å². The summed E-state index contributed by atoms with van der Waals surface area (Å²) in [5.74, 6) is 1.08. The lowest BCUT2D eigenvalue weighted by molar-refractivity contribution is 0.608. The number of nitrogens with two attached hydrogens (primary N) is 2. The van der Waals surface area contributed by atoms with E-state index in [1.807, 2.05) is 0 Å². The van der Waals surface area contributed by atoms with Crippen LogP contribution < -0.4 is 11.5 Å². The van der Waals surface area contributed by atoms with Crippen LogP contribution in [-0.2, 0) is 0 Å². The second-order valence-electron chi connectivity index (χ2n) is 2.85. The zero-order chi connectivity index (χ0) is 7.56. The predicted octanol–water partition coefficient (Wildman–Crippen LogP) is 0.101. The molecular weight excluding hydrogens is 126 g/mol. The van der Waals surface area contributed by atoms with Crippen molar-refractivity contribution >= 4 is 5.84 Å². The van der Waals surface area contributed by atoms with Gasteiger partial charge in [0.05, 0.1) is 5.84 Å². The van der Waals surface area contributed by atoms with Crippen molar-refractivity contribution in [2.75, 3.05) is 7.05 Å². The summed E-state index contributed by atoms with van der Waals surface area (Å²) in [4.78, 5) is 3.94. The molecule has 0 bridgehead atoms. The Hall–Kier alpha value is -0.570. The van der Waals surface area contributed by atoms with Gasteiger partial charge in [0, 0.05) is 19.0 Å². The van der Waals surface area contributed by atoms with E-state index in [0.29, 0.717) is 5.92 Å². The van der Waals surface area contributed by atoms with Crippen molar-refractivity contribution in [3.05, 3.63) is 0 Å². The Morgan fingerprint density at radius 1 is 1.50 bits per heavy atom. The van der Waals surface area contributed by atoms with Gasteiger partial charge in [0.15, 0.2) is 0 Å². The molecule has 3 nitrogen and oxygen atoms in total. The Morgan fingerprint density at radius 3 is 2.60 bits per heavy atom. The molecule has 0 heterocycles. The lowest BCUT2D eigenvalue weighted by atomic mass is 10.0. The van der Waals surface area contributed by atoms with Crippen molar-refractivity contribution in [1.29, 1.82) is 0 Å². The van der Waals surface area contributed by atoms with Crippen molar-refractivity contribution in [3.63, 3.8) is 0 Å². The van der Waals surface area contributed by atoms with Gasteiger partial charge in [-0.2, -0.15) is 0 Å². The first-order valence-electron chi connectivity index (χ1n) is 3.73. The third-order valence-electron chi connectivity index (χ3n) is 2.21. The van der Waals surface area contributed by atoms with Gasteiger partial charge in [-0.3, -0.25) is 4.99 Å². The van der Waals surface area contributed by atoms with Gasteiger partial charge in [-0.1, -0.05) is 6.42 Å². The van der Waals surface area contributed by atoms with E-state index in [1.54, 1.807) is 7.05 Å². The van der Waals surface area contributed by atoms with E-state index in [9.17, 15) is 0 Å². The molecule has 0 aromatic heterocycles. The SMILES string of the molecule is CN=C(N)C1CCCC1N. The van der Waals surface area contributed by atoms with Gasteiger partial charge in [-0.25, -0.2) is 0 Å². The Balaban J connectivity index is 2.55. The maximum absolute atomic E-state index is 5.79. The zero-order valence-electron chi connectivity index (χ0n) is 6.38. The standard InChI is InChI=1S/C7H15N3/c1-10-7(9)5-3-2-4-6(5)8/h5-6H,2-4,8H2,1H3,(H2,9,10). The highest BCUT2D eigenvalue weighted by Crippen LogP contribution is 2.23. The number of nitrogens with zero attached hydrogens (tertiary/aromatic N) is 1. The number of aliphatic imine (C=N–C) groups is 1. The van der Waals surface area contributed by atoms with Gasteiger partial charge in [0.1, 0.15) is 0 Å². The first kappa shape index (κ1) is 7.54. The van der Waals surface area contributed by atoms with Gasteiger partial charge in [0.2, 0.25) is 0 Å². The van der Waals surface area contributed by atoms with E-state index in [1.165, 1.54) is 6.42 Å². The third-order valence-corrected chi connectivity index (χ3v) is 2.21. The normalized spacial score (nSPS) is 34.8. The second kappa shape index (κ2) is 3.01. The van der Waals surface area contributed by atoms with Crippen LogP contribution in [0.2, 0.25) is 0 Å². The fraction of sp³-hybridized carbons (Fsp3) is 0.857. The summed E-state index contributed by atoms with van der Waals surface area (Å²) in [6, 6.07) is 0.253. The number of hydrogen-bond acceptors (Lipinski definition) is 2. The highest BCUT2D eigenvalue weighted by molar-refractivity contribution is 5.83. The lowest BCUT2D eigenvalue weighted by Crippen LogP contribution is -2.35. The van der Waals surface area contributed by atoms with Crippen LogP contribution in [0.3, 0.4) is 0 Å². The van der Waals surface area contributed by atoms with Crippen LogP contribution in [0.25, 0.3) is 0 Å². The van der Waals surface area contributed by atoms with Crippen LogP contribution in [0.1, 0.15) is 19.3 Å². The molecule has 0 radical (unpaired) electrons. The number of amidine groups is 1. The largest absolute Gasteiger partial charge is 0.387 e. The van der Waals surface area contributed by atoms with E-state index in [4.69, 9.17) is 11.5 Å². The Labute approximate surface area is 61.5 Å². The van der Waals surface area contributed by atoms with Crippen molar-refractivity contribution in [3.8, 4) is 0 Å². The molecular formula is C7H15N3. The molecule has 0 aromatic rings. The monoisotopic (exact) mass is 141 g/mol. The molecule has 0 amide bonds. The van der Waals surface area contributed by atoms with Crippen LogP contribution in [-0.4, -0.2) is 18.9 Å². The van der Waals surface area contributed by atoms with Crippen LogP contribution >= 0.6 is 0 Å². The molecule has 2 unspecified atom stereocenters. The first-order chi connectivity index (χ1) is 4.75. The molecule has 4 N–H and O–H groups in total. The second-order valence-corrected chi connectivity index (χ2v) is 2.85. The molecule has 10 heavy (non-hydrogen) atoms. The maximum Gasteiger partial charge on any atom is 0.0980 e. The summed E-state index contributed by atoms with van der Waals surface area (Å²) < 4.78 is 0. The number of hydrogen-bond donors (Lipinski definition) is 2. The smallest absolute Gasteiger partial charge is 0.0980 e. The minimum Gasteiger partial charge on any atom is -0.387 e. The van der Waals surface area contributed by atoms with E-state index in [0.717, 1.165) is 18.7 Å². The summed E-state index contributed by atoms with van der Waals surface area (Å²) in [6.07, 6.45) is 3.41. The molecule has 3 heteroatoms. The summed E-state index contributed by atoms with van der Waals surface area (Å²) in [5, 5.41) is 0. The van der Waals surface area contributed by atoms with E-state index >= 15 is 0 Å². The molecule has 1 aliphatic rings. The molecule has 58 valence electrons. The maximum atomic E-state index is 5.79. The average molecular weight is 141 g/mol. The Kier molecular flexibility index (Phi) is 2.27. The Morgan fingerprint density at radius 2 is 2.20 bits per heavy atom. The molecule has 1 fully saturated rings. The van der Waals surface area contributed by atoms with Gasteiger partial charge in [-0.15, -0.1) is 0 Å². The highest BCUT2D eigenvalue weighted by atomic mass is 14.9. The quantitative estimate of drug-likeness (QED) is 0.402. The zero-order valence-corrected chi connectivity index (χ0v) is 6.38. The van der Waals surface area contributed by atoms with Crippen molar-refractivity contribution < 1.29 is 0 Å². The van der Waals surface area contributed by atoms with Gasteiger partial charge in [0.25, 0.3) is 0 Å². The molecule has 0 aliphatic heterocycles. The van der Waals surface area contributed by atoms with Gasteiger partial charge < -0.3 is 11.5 Å². The third kappa shape index (κ3) is 1.29. The van der Waals surface area contributed by atoms with Gasteiger partial charge >= 0.3 is 0 Å². The Bertz CT molecular complexity index is 142. The molecule has 0 spiro atoms. The van der Waals surface area contributed by atoms with Crippen molar-refractivity contribution in [2.24, 2.45) is 22.4 Å². The predicted molar refractivity (Wildman–Crippen MR) is 42.9 cm³/mol. The van der Waals surface area contributed by atoms with Crippen LogP contribution in [0.15, 0.2) is 4.99 Å². The summed E-state index contributed by atoms with van der Waals surface area (Å²) in [7, 11) is 1.72. The van der Waals surface area contributed by atoms with Crippen molar-refractivity contribution in [2.45, 2.75) is 25.3 Å². The minimum atomic E-state index is 0.253. The minimum absolute atomic E-state index is 0.253. The molecule has 1 saturated carbocycles. The molecule has 1 rings (SSSR count). The fourth-order valence-corrected chi connectivity index (χ4v) is 1.52.